The SMILES string of the molecule is COCc1ccccc1NC(=O)c1cc([N+](=O)[O-])ccc1N. The first-order chi connectivity index (χ1) is 10.5. The number of methoxy groups -OCH3 is 1. The molecule has 0 bridgehead atoms. The maximum atomic E-state index is 12.3. The van der Waals surface area contributed by atoms with Crippen LogP contribution >= 0.6 is 0 Å². The van der Waals surface area contributed by atoms with Crippen molar-refractivity contribution in [3.05, 3.63) is 63.7 Å². The lowest BCUT2D eigenvalue weighted by Gasteiger charge is -2.11. The Bertz CT molecular complexity index is 716. The smallest absolute Gasteiger partial charge is 0.270 e. The van der Waals surface area contributed by atoms with E-state index in [1.807, 2.05) is 12.1 Å². The first kappa shape index (κ1) is 15.5. The van der Waals surface area contributed by atoms with Gasteiger partial charge in [0.2, 0.25) is 0 Å². The number of carbonyl (C=O) groups is 1. The Hall–Kier alpha value is -2.93. The number of hydrogen-bond acceptors (Lipinski definition) is 5. The molecule has 22 heavy (non-hydrogen) atoms. The number of anilines is 2. The number of para-hydroxylation sites is 1. The van der Waals surface area contributed by atoms with Gasteiger partial charge in [0.25, 0.3) is 11.6 Å². The van der Waals surface area contributed by atoms with Crippen molar-refractivity contribution in [1.82, 2.24) is 0 Å². The molecule has 7 nitrogen and oxygen atoms in total. The standard InChI is InChI=1S/C15H15N3O4/c1-22-9-10-4-2-3-5-14(10)17-15(19)12-8-11(18(20)21)6-7-13(12)16/h2-8H,9,16H2,1H3,(H,17,19). The number of rotatable bonds is 5. The normalized spacial score (nSPS) is 10.2. The first-order valence-electron chi connectivity index (χ1n) is 6.45. The van der Waals surface area contributed by atoms with Crippen LogP contribution < -0.4 is 11.1 Å². The molecular formula is C15H15N3O4. The van der Waals surface area contributed by atoms with Crippen LogP contribution in [0, 0.1) is 10.1 Å². The summed E-state index contributed by atoms with van der Waals surface area (Å²) in [5.41, 5.74) is 7.14. The van der Waals surface area contributed by atoms with Crippen LogP contribution in [0.3, 0.4) is 0 Å². The van der Waals surface area contributed by atoms with Crippen LogP contribution in [-0.2, 0) is 11.3 Å². The molecule has 0 saturated carbocycles. The van der Waals surface area contributed by atoms with Gasteiger partial charge in [0.05, 0.1) is 17.1 Å². The monoisotopic (exact) mass is 301 g/mol. The zero-order valence-corrected chi connectivity index (χ0v) is 11.9. The fourth-order valence-electron chi connectivity index (χ4n) is 1.97. The zero-order chi connectivity index (χ0) is 16.1. The van der Waals surface area contributed by atoms with Crippen molar-refractivity contribution in [2.75, 3.05) is 18.2 Å². The van der Waals surface area contributed by atoms with Gasteiger partial charge in [0.15, 0.2) is 0 Å². The Labute approximate surface area is 126 Å². The minimum absolute atomic E-state index is 0.0569. The second-order valence-electron chi connectivity index (χ2n) is 4.57. The molecule has 2 aromatic carbocycles. The van der Waals surface area contributed by atoms with Gasteiger partial charge in [-0.25, -0.2) is 0 Å². The summed E-state index contributed by atoms with van der Waals surface area (Å²) in [4.78, 5) is 22.5. The Kier molecular flexibility index (Phi) is 4.70. The van der Waals surface area contributed by atoms with Crippen LogP contribution in [0.2, 0.25) is 0 Å². The van der Waals surface area contributed by atoms with Gasteiger partial charge in [-0.2, -0.15) is 0 Å². The Morgan fingerprint density at radius 1 is 1.32 bits per heavy atom. The van der Waals surface area contributed by atoms with E-state index in [9.17, 15) is 14.9 Å². The number of nitrogens with one attached hydrogen (secondary N) is 1. The lowest BCUT2D eigenvalue weighted by atomic mass is 10.1. The van der Waals surface area contributed by atoms with E-state index in [1.54, 1.807) is 19.2 Å². The molecule has 0 aliphatic rings. The van der Waals surface area contributed by atoms with Crippen molar-refractivity contribution in [2.45, 2.75) is 6.61 Å². The number of carbonyl (C=O) groups excluding carboxylic acids is 1. The zero-order valence-electron chi connectivity index (χ0n) is 11.9. The topological polar surface area (TPSA) is 107 Å². The van der Waals surface area contributed by atoms with E-state index in [4.69, 9.17) is 10.5 Å². The summed E-state index contributed by atoms with van der Waals surface area (Å²) >= 11 is 0. The lowest BCUT2D eigenvalue weighted by molar-refractivity contribution is -0.384. The maximum absolute atomic E-state index is 12.3. The average molecular weight is 301 g/mol. The molecule has 1 amide bonds. The van der Waals surface area contributed by atoms with Gasteiger partial charge in [-0.15, -0.1) is 0 Å². The lowest BCUT2D eigenvalue weighted by Crippen LogP contribution is -2.15. The summed E-state index contributed by atoms with van der Waals surface area (Å²) in [5, 5.41) is 13.5. The number of nitro benzene ring substituents is 1. The quantitative estimate of drug-likeness (QED) is 0.501. The number of nitro groups is 1. The van der Waals surface area contributed by atoms with Crippen molar-refractivity contribution in [2.24, 2.45) is 0 Å². The molecule has 0 unspecified atom stereocenters. The number of nitrogen functional groups attached to an aromatic ring is 1. The number of ether oxygens (including phenoxy) is 1. The van der Waals surface area contributed by atoms with Gasteiger partial charge in [-0.3, -0.25) is 14.9 Å². The van der Waals surface area contributed by atoms with E-state index in [2.05, 4.69) is 5.32 Å². The number of benzene rings is 2. The van der Waals surface area contributed by atoms with Crippen molar-refractivity contribution in [3.63, 3.8) is 0 Å². The van der Waals surface area contributed by atoms with Crippen molar-refractivity contribution in [1.29, 1.82) is 0 Å². The molecule has 114 valence electrons. The molecule has 2 rings (SSSR count). The number of nitrogens with two attached hydrogens (primary N) is 1. The minimum atomic E-state index is -0.574. The molecule has 0 aliphatic carbocycles. The molecule has 0 atom stereocenters. The van der Waals surface area contributed by atoms with E-state index in [1.165, 1.54) is 12.1 Å². The van der Waals surface area contributed by atoms with Crippen LogP contribution in [0.15, 0.2) is 42.5 Å². The Balaban J connectivity index is 2.30. The molecule has 0 radical (unpaired) electrons. The van der Waals surface area contributed by atoms with Gasteiger partial charge >= 0.3 is 0 Å². The van der Waals surface area contributed by atoms with Gasteiger partial charge < -0.3 is 15.8 Å². The Morgan fingerprint density at radius 3 is 2.73 bits per heavy atom. The largest absolute Gasteiger partial charge is 0.398 e. The summed E-state index contributed by atoms with van der Waals surface area (Å²) in [6, 6.07) is 10.9. The summed E-state index contributed by atoms with van der Waals surface area (Å²) in [6.07, 6.45) is 0. The molecule has 0 heterocycles. The van der Waals surface area contributed by atoms with Gasteiger partial charge in [0.1, 0.15) is 0 Å². The van der Waals surface area contributed by atoms with Crippen molar-refractivity contribution in [3.8, 4) is 0 Å². The molecule has 0 aliphatic heterocycles. The highest BCUT2D eigenvalue weighted by Gasteiger charge is 2.16. The third-order valence-corrected chi connectivity index (χ3v) is 3.06. The minimum Gasteiger partial charge on any atom is -0.398 e. The molecule has 0 saturated heterocycles. The van der Waals surface area contributed by atoms with E-state index in [0.29, 0.717) is 12.3 Å². The molecule has 0 aromatic heterocycles. The molecular weight excluding hydrogens is 286 g/mol. The second kappa shape index (κ2) is 6.68. The molecule has 0 fully saturated rings. The molecule has 3 N–H and O–H groups in total. The second-order valence-corrected chi connectivity index (χ2v) is 4.57. The van der Waals surface area contributed by atoms with Crippen LogP contribution in [0.5, 0.6) is 0 Å². The fourth-order valence-corrected chi connectivity index (χ4v) is 1.97. The number of non-ortho nitro benzene ring substituents is 1. The van der Waals surface area contributed by atoms with E-state index in [0.717, 1.165) is 11.6 Å². The number of hydrogen-bond donors (Lipinski definition) is 2. The third kappa shape index (κ3) is 3.39. The summed E-state index contributed by atoms with van der Waals surface area (Å²) < 4.78 is 5.06. The van der Waals surface area contributed by atoms with Crippen molar-refractivity contribution < 1.29 is 14.5 Å². The average Bonchev–Trinajstić information content (AvgIpc) is 2.49. The predicted molar refractivity (Wildman–Crippen MR) is 82.6 cm³/mol. The summed E-state index contributed by atoms with van der Waals surface area (Å²) in [5.74, 6) is -0.509. The van der Waals surface area contributed by atoms with Crippen molar-refractivity contribution >= 4 is 23.0 Å². The fraction of sp³-hybridized carbons (Fsp3) is 0.133. The highest BCUT2D eigenvalue weighted by molar-refractivity contribution is 6.08. The molecule has 2 aromatic rings. The van der Waals surface area contributed by atoms with Crippen LogP contribution in [0.1, 0.15) is 15.9 Å². The van der Waals surface area contributed by atoms with E-state index < -0.39 is 10.8 Å². The Morgan fingerprint density at radius 2 is 2.05 bits per heavy atom. The molecule has 7 heteroatoms. The first-order valence-corrected chi connectivity index (χ1v) is 6.45. The predicted octanol–water partition coefficient (Wildman–Crippen LogP) is 2.58. The van der Waals surface area contributed by atoms with E-state index >= 15 is 0 Å². The summed E-state index contributed by atoms with van der Waals surface area (Å²) in [7, 11) is 1.55. The number of nitrogens with zero attached hydrogens (tertiary/aromatic N) is 1. The van der Waals surface area contributed by atoms with Crippen LogP contribution in [0.4, 0.5) is 17.1 Å². The van der Waals surface area contributed by atoms with Gasteiger partial charge in [-0.1, -0.05) is 18.2 Å². The molecule has 0 spiro atoms. The number of amides is 1. The third-order valence-electron chi connectivity index (χ3n) is 3.06. The highest BCUT2D eigenvalue weighted by atomic mass is 16.6. The van der Waals surface area contributed by atoms with Gasteiger partial charge in [-0.05, 0) is 12.1 Å². The maximum Gasteiger partial charge on any atom is 0.270 e. The summed E-state index contributed by atoms with van der Waals surface area (Å²) in [6.45, 7) is 0.334. The van der Waals surface area contributed by atoms with Gasteiger partial charge in [0, 0.05) is 36.2 Å². The highest BCUT2D eigenvalue weighted by Crippen LogP contribution is 2.22. The van der Waals surface area contributed by atoms with E-state index in [-0.39, 0.29) is 16.9 Å². The van der Waals surface area contributed by atoms with Crippen LogP contribution in [0.25, 0.3) is 0 Å². The van der Waals surface area contributed by atoms with Crippen LogP contribution in [-0.4, -0.2) is 17.9 Å².